The van der Waals surface area contributed by atoms with Crippen molar-refractivity contribution in [2.45, 2.75) is 31.9 Å². The third-order valence-corrected chi connectivity index (χ3v) is 3.67. The average Bonchev–Trinajstić information content (AvgIpc) is 2.46. The number of rotatable bonds is 3. The van der Waals surface area contributed by atoms with E-state index >= 15 is 0 Å². The molecular formula is C17H18N2O3. The molecule has 0 fully saturated rings. The number of carbonyl (C=O) groups is 1. The first-order valence-corrected chi connectivity index (χ1v) is 7.19. The third kappa shape index (κ3) is 2.88. The fourth-order valence-electron chi connectivity index (χ4n) is 2.74. The molecule has 0 bridgehead atoms. The fourth-order valence-corrected chi connectivity index (χ4v) is 2.74. The summed E-state index contributed by atoms with van der Waals surface area (Å²) in [6.45, 7) is 4.08. The second-order valence-corrected chi connectivity index (χ2v) is 6.01. The molecule has 2 heterocycles. The summed E-state index contributed by atoms with van der Waals surface area (Å²) in [5, 5.41) is 12.4. The lowest BCUT2D eigenvalue weighted by Crippen LogP contribution is -2.37. The Balaban J connectivity index is 1.92. The molecule has 0 aliphatic carbocycles. The van der Waals surface area contributed by atoms with Crippen LogP contribution in [0.15, 0.2) is 42.5 Å². The molecule has 0 spiro atoms. The van der Waals surface area contributed by atoms with Gasteiger partial charge in [0.2, 0.25) is 0 Å². The molecule has 0 radical (unpaired) electrons. The second kappa shape index (κ2) is 5.33. The van der Waals surface area contributed by atoms with E-state index in [2.05, 4.69) is 10.3 Å². The summed E-state index contributed by atoms with van der Waals surface area (Å²) in [6, 6.07) is 12.9. The first-order valence-electron chi connectivity index (χ1n) is 7.19. The third-order valence-electron chi connectivity index (χ3n) is 3.67. The van der Waals surface area contributed by atoms with Gasteiger partial charge in [-0.1, -0.05) is 24.3 Å². The van der Waals surface area contributed by atoms with Crippen LogP contribution in [0.3, 0.4) is 0 Å². The predicted molar refractivity (Wildman–Crippen MR) is 83.3 cm³/mol. The van der Waals surface area contributed by atoms with Crippen molar-refractivity contribution in [3.63, 3.8) is 0 Å². The number of pyridine rings is 1. The number of nitrogens with zero attached hydrogens (tertiary/aromatic N) is 1. The first-order chi connectivity index (χ1) is 10.4. The topological polar surface area (TPSA) is 71.5 Å². The number of aromatic nitrogens is 1. The molecule has 1 aliphatic heterocycles. The Morgan fingerprint density at radius 1 is 1.27 bits per heavy atom. The maximum atomic E-state index is 11.0. The van der Waals surface area contributed by atoms with Gasteiger partial charge in [-0.2, -0.15) is 0 Å². The van der Waals surface area contributed by atoms with E-state index in [9.17, 15) is 4.79 Å². The van der Waals surface area contributed by atoms with Crippen LogP contribution in [0.25, 0.3) is 0 Å². The molecule has 1 aromatic heterocycles. The molecule has 0 saturated carbocycles. The monoisotopic (exact) mass is 298 g/mol. The number of para-hydroxylation sites is 1. The maximum Gasteiger partial charge on any atom is 0.354 e. The highest BCUT2D eigenvalue weighted by Crippen LogP contribution is 2.40. The minimum Gasteiger partial charge on any atom is -0.487 e. The Morgan fingerprint density at radius 3 is 2.82 bits per heavy atom. The van der Waals surface area contributed by atoms with Crippen LogP contribution < -0.4 is 10.1 Å². The van der Waals surface area contributed by atoms with Crippen LogP contribution in [0, 0.1) is 0 Å². The molecule has 114 valence electrons. The summed E-state index contributed by atoms with van der Waals surface area (Å²) in [6.07, 6.45) is 0.767. The van der Waals surface area contributed by atoms with E-state index in [1.807, 2.05) is 38.1 Å². The fraction of sp³-hybridized carbons (Fsp3) is 0.294. The maximum absolute atomic E-state index is 11.0. The summed E-state index contributed by atoms with van der Waals surface area (Å²) < 4.78 is 5.99. The summed E-state index contributed by atoms with van der Waals surface area (Å²) in [4.78, 5) is 15.2. The average molecular weight is 298 g/mol. The standard InChI is InChI=1S/C17H18N2O3/c1-17(2)10-13(11-6-3-4-8-14(11)22-17)19-15-9-5-7-12(18-15)16(20)21/h3-9,13H,10H2,1-2H3,(H,18,19)(H,20,21). The van der Waals surface area contributed by atoms with Gasteiger partial charge in [-0.15, -0.1) is 0 Å². The Hall–Kier alpha value is -2.56. The lowest BCUT2D eigenvalue weighted by Gasteiger charge is -2.38. The van der Waals surface area contributed by atoms with Crippen LogP contribution >= 0.6 is 0 Å². The van der Waals surface area contributed by atoms with Crippen molar-refractivity contribution in [1.29, 1.82) is 0 Å². The van der Waals surface area contributed by atoms with E-state index < -0.39 is 5.97 Å². The van der Waals surface area contributed by atoms with Crippen LogP contribution in [0.2, 0.25) is 0 Å². The van der Waals surface area contributed by atoms with Crippen LogP contribution in [0.1, 0.15) is 42.4 Å². The van der Waals surface area contributed by atoms with Crippen LogP contribution in [-0.4, -0.2) is 21.7 Å². The molecule has 1 aliphatic rings. The Kier molecular flexibility index (Phi) is 3.48. The quantitative estimate of drug-likeness (QED) is 0.907. The molecular weight excluding hydrogens is 280 g/mol. The Bertz CT molecular complexity index is 713. The highest BCUT2D eigenvalue weighted by Gasteiger charge is 2.33. The van der Waals surface area contributed by atoms with E-state index in [1.165, 1.54) is 6.07 Å². The highest BCUT2D eigenvalue weighted by molar-refractivity contribution is 5.85. The normalized spacial score (nSPS) is 18.9. The molecule has 0 saturated heterocycles. The smallest absolute Gasteiger partial charge is 0.354 e. The highest BCUT2D eigenvalue weighted by atomic mass is 16.5. The molecule has 2 aromatic rings. The van der Waals surface area contributed by atoms with Gasteiger partial charge in [-0.25, -0.2) is 9.78 Å². The Morgan fingerprint density at radius 2 is 2.05 bits per heavy atom. The summed E-state index contributed by atoms with van der Waals surface area (Å²) >= 11 is 0. The second-order valence-electron chi connectivity index (χ2n) is 6.01. The summed E-state index contributed by atoms with van der Waals surface area (Å²) in [5.74, 6) is 0.374. The van der Waals surface area contributed by atoms with Crippen LogP contribution in [0.4, 0.5) is 5.82 Å². The molecule has 1 aromatic carbocycles. The SMILES string of the molecule is CC1(C)CC(Nc2cccc(C(=O)O)n2)c2ccccc2O1. The predicted octanol–water partition coefficient (Wildman–Crippen LogP) is 3.49. The van der Waals surface area contributed by atoms with Gasteiger partial charge in [0.1, 0.15) is 17.2 Å². The van der Waals surface area contributed by atoms with E-state index in [-0.39, 0.29) is 17.3 Å². The van der Waals surface area contributed by atoms with E-state index in [1.54, 1.807) is 12.1 Å². The summed E-state index contributed by atoms with van der Waals surface area (Å²) in [5.41, 5.74) is 0.796. The zero-order valence-corrected chi connectivity index (χ0v) is 12.5. The first kappa shape index (κ1) is 14.4. The van der Waals surface area contributed by atoms with E-state index in [0.29, 0.717) is 5.82 Å². The van der Waals surface area contributed by atoms with Gasteiger partial charge in [0.25, 0.3) is 0 Å². The summed E-state index contributed by atoms with van der Waals surface area (Å²) in [7, 11) is 0. The molecule has 3 rings (SSSR count). The van der Waals surface area contributed by atoms with Crippen molar-refractivity contribution >= 4 is 11.8 Å². The van der Waals surface area contributed by atoms with E-state index in [0.717, 1.165) is 17.7 Å². The minimum absolute atomic E-state index is 0.0245. The van der Waals surface area contributed by atoms with Crippen LogP contribution in [-0.2, 0) is 0 Å². The lowest BCUT2D eigenvalue weighted by atomic mass is 9.90. The molecule has 2 N–H and O–H groups in total. The molecule has 0 amide bonds. The number of carboxylic acid groups (broad SMARTS) is 1. The molecule has 1 unspecified atom stereocenters. The van der Waals surface area contributed by atoms with E-state index in [4.69, 9.17) is 9.84 Å². The van der Waals surface area contributed by atoms with Gasteiger partial charge in [-0.3, -0.25) is 0 Å². The molecule has 5 heteroatoms. The zero-order valence-electron chi connectivity index (χ0n) is 12.5. The number of anilines is 1. The van der Waals surface area contributed by atoms with Gasteiger partial charge in [-0.05, 0) is 32.0 Å². The number of nitrogens with one attached hydrogen (secondary N) is 1. The number of ether oxygens (including phenoxy) is 1. The number of fused-ring (bicyclic) bond motifs is 1. The number of aromatic carboxylic acids is 1. The van der Waals surface area contributed by atoms with Gasteiger partial charge in [0, 0.05) is 12.0 Å². The van der Waals surface area contributed by atoms with Gasteiger partial charge in [0.05, 0.1) is 6.04 Å². The molecule has 22 heavy (non-hydrogen) atoms. The number of hydrogen-bond donors (Lipinski definition) is 2. The minimum atomic E-state index is -1.03. The van der Waals surface area contributed by atoms with Crippen molar-refractivity contribution < 1.29 is 14.6 Å². The number of carboxylic acids is 1. The lowest BCUT2D eigenvalue weighted by molar-refractivity contribution is 0.0688. The molecule has 5 nitrogen and oxygen atoms in total. The molecule has 1 atom stereocenters. The zero-order chi connectivity index (χ0) is 15.7. The van der Waals surface area contributed by atoms with Crippen LogP contribution in [0.5, 0.6) is 5.75 Å². The van der Waals surface area contributed by atoms with Crippen molar-refractivity contribution in [1.82, 2.24) is 4.98 Å². The van der Waals surface area contributed by atoms with Gasteiger partial charge < -0.3 is 15.2 Å². The Labute approximate surface area is 129 Å². The van der Waals surface area contributed by atoms with Crippen molar-refractivity contribution in [2.24, 2.45) is 0 Å². The van der Waals surface area contributed by atoms with Crippen molar-refractivity contribution in [2.75, 3.05) is 5.32 Å². The van der Waals surface area contributed by atoms with Crippen molar-refractivity contribution in [3.8, 4) is 5.75 Å². The van der Waals surface area contributed by atoms with Gasteiger partial charge in [0.15, 0.2) is 5.69 Å². The number of hydrogen-bond acceptors (Lipinski definition) is 4. The largest absolute Gasteiger partial charge is 0.487 e. The van der Waals surface area contributed by atoms with Crippen molar-refractivity contribution in [3.05, 3.63) is 53.7 Å². The van der Waals surface area contributed by atoms with Gasteiger partial charge >= 0.3 is 5.97 Å². The number of benzene rings is 1.